The maximum Gasteiger partial charge on any atom is 0.256 e. The van der Waals surface area contributed by atoms with E-state index in [4.69, 9.17) is 0 Å². The number of hydrogen-bond acceptors (Lipinski definition) is 8. The molecule has 0 aliphatic heterocycles. The highest BCUT2D eigenvalue weighted by Gasteiger charge is 2.18. The van der Waals surface area contributed by atoms with Gasteiger partial charge in [0, 0.05) is 17.5 Å². The molecule has 0 aliphatic carbocycles. The van der Waals surface area contributed by atoms with Gasteiger partial charge in [0.1, 0.15) is 6.61 Å². The molecular formula is C23H22N8O2. The molecule has 5 rings (SSSR count). The van der Waals surface area contributed by atoms with Crippen LogP contribution in [0.25, 0.3) is 28.3 Å². The minimum atomic E-state index is -0.280. The highest BCUT2D eigenvalue weighted by atomic mass is 16.3. The largest absolute Gasteiger partial charge is 0.493 e. The number of aryl methyl sites for hydroxylation is 1. The SMILES string of the molecule is CCCc1c(Cc2ccc(-c3ccccc3-c3nnn[nH]3)cc2)c(O)nc2nc(CO)nn12. The van der Waals surface area contributed by atoms with Crippen LogP contribution >= 0.6 is 0 Å². The number of hydrogen-bond donors (Lipinski definition) is 3. The van der Waals surface area contributed by atoms with Crippen LogP contribution in [0, 0.1) is 0 Å². The molecular weight excluding hydrogens is 420 g/mol. The molecule has 0 saturated carbocycles. The summed E-state index contributed by atoms with van der Waals surface area (Å²) in [6.07, 6.45) is 2.06. The number of benzene rings is 2. The van der Waals surface area contributed by atoms with Crippen LogP contribution in [0.1, 0.15) is 36.0 Å². The van der Waals surface area contributed by atoms with Gasteiger partial charge in [-0.15, -0.1) is 10.2 Å². The van der Waals surface area contributed by atoms with E-state index in [2.05, 4.69) is 42.6 Å². The van der Waals surface area contributed by atoms with E-state index in [1.165, 1.54) is 0 Å². The number of rotatable bonds is 7. The molecule has 5 aromatic rings. The number of aromatic hydroxyl groups is 1. The summed E-state index contributed by atoms with van der Waals surface area (Å²) >= 11 is 0. The zero-order chi connectivity index (χ0) is 22.8. The number of fused-ring (bicyclic) bond motifs is 1. The summed E-state index contributed by atoms with van der Waals surface area (Å²) in [5.74, 6) is 1.12. The number of nitrogens with one attached hydrogen (secondary N) is 1. The van der Waals surface area contributed by atoms with Crippen LogP contribution in [0.3, 0.4) is 0 Å². The molecule has 0 amide bonds. The molecule has 0 bridgehead atoms. The Labute approximate surface area is 189 Å². The molecule has 0 unspecified atom stereocenters. The van der Waals surface area contributed by atoms with Gasteiger partial charge in [0.25, 0.3) is 5.78 Å². The summed E-state index contributed by atoms with van der Waals surface area (Å²) < 4.78 is 1.63. The van der Waals surface area contributed by atoms with Crippen LogP contribution in [-0.2, 0) is 19.4 Å². The summed E-state index contributed by atoms with van der Waals surface area (Å²) in [5, 5.41) is 38.6. The molecule has 10 nitrogen and oxygen atoms in total. The van der Waals surface area contributed by atoms with Crippen molar-refractivity contribution in [2.24, 2.45) is 0 Å². The van der Waals surface area contributed by atoms with Crippen molar-refractivity contribution in [1.29, 1.82) is 0 Å². The van der Waals surface area contributed by atoms with Crippen molar-refractivity contribution >= 4 is 5.78 Å². The van der Waals surface area contributed by atoms with E-state index in [1.807, 2.05) is 48.5 Å². The predicted octanol–water partition coefficient (Wildman–Crippen LogP) is 2.71. The lowest BCUT2D eigenvalue weighted by molar-refractivity contribution is 0.271. The number of tetrazole rings is 1. The van der Waals surface area contributed by atoms with Gasteiger partial charge < -0.3 is 10.2 Å². The minimum absolute atomic E-state index is 0.0601. The Hall–Kier alpha value is -4.18. The first kappa shape index (κ1) is 20.7. The van der Waals surface area contributed by atoms with Crippen LogP contribution in [0.15, 0.2) is 48.5 Å². The molecule has 0 fully saturated rings. The van der Waals surface area contributed by atoms with E-state index < -0.39 is 0 Å². The van der Waals surface area contributed by atoms with Crippen LogP contribution in [0.5, 0.6) is 5.88 Å². The van der Waals surface area contributed by atoms with Crippen LogP contribution in [0.4, 0.5) is 0 Å². The predicted molar refractivity (Wildman–Crippen MR) is 120 cm³/mol. The van der Waals surface area contributed by atoms with Crippen LogP contribution < -0.4 is 0 Å². The summed E-state index contributed by atoms with van der Waals surface area (Å²) in [7, 11) is 0. The fourth-order valence-electron chi connectivity index (χ4n) is 3.98. The highest BCUT2D eigenvalue weighted by Crippen LogP contribution is 2.31. The lowest BCUT2D eigenvalue weighted by atomic mass is 9.96. The second kappa shape index (κ2) is 8.75. The van der Waals surface area contributed by atoms with E-state index in [9.17, 15) is 10.2 Å². The quantitative estimate of drug-likeness (QED) is 0.350. The van der Waals surface area contributed by atoms with Gasteiger partial charge in [-0.3, -0.25) is 0 Å². The number of aromatic nitrogens is 8. The molecule has 10 heteroatoms. The second-order valence-corrected chi connectivity index (χ2v) is 7.68. The number of aromatic amines is 1. The lowest BCUT2D eigenvalue weighted by Gasteiger charge is -2.13. The fraction of sp³-hybridized carbons (Fsp3) is 0.217. The molecule has 0 aliphatic rings. The summed E-state index contributed by atoms with van der Waals surface area (Å²) in [4.78, 5) is 8.37. The lowest BCUT2D eigenvalue weighted by Crippen LogP contribution is -2.07. The third-order valence-electron chi connectivity index (χ3n) is 5.52. The minimum Gasteiger partial charge on any atom is -0.493 e. The van der Waals surface area contributed by atoms with Crippen molar-refractivity contribution in [1.82, 2.24) is 40.2 Å². The van der Waals surface area contributed by atoms with Crippen molar-refractivity contribution in [3.63, 3.8) is 0 Å². The first-order chi connectivity index (χ1) is 16.2. The average molecular weight is 442 g/mol. The average Bonchev–Trinajstić information content (AvgIpc) is 3.52. The molecule has 0 atom stereocenters. The molecule has 0 spiro atoms. The van der Waals surface area contributed by atoms with Gasteiger partial charge in [-0.05, 0) is 33.5 Å². The van der Waals surface area contributed by atoms with Gasteiger partial charge in [-0.2, -0.15) is 9.97 Å². The van der Waals surface area contributed by atoms with E-state index in [1.54, 1.807) is 4.52 Å². The number of aliphatic hydroxyl groups excluding tert-OH is 1. The van der Waals surface area contributed by atoms with Gasteiger partial charge in [0.05, 0.1) is 5.69 Å². The van der Waals surface area contributed by atoms with Crippen molar-refractivity contribution in [2.75, 3.05) is 0 Å². The topological polar surface area (TPSA) is 138 Å². The van der Waals surface area contributed by atoms with E-state index in [-0.39, 0.29) is 24.1 Å². The normalized spacial score (nSPS) is 11.3. The van der Waals surface area contributed by atoms with Gasteiger partial charge in [0.2, 0.25) is 5.88 Å². The molecule has 3 N–H and O–H groups in total. The van der Waals surface area contributed by atoms with Gasteiger partial charge in [-0.25, -0.2) is 9.61 Å². The molecule has 0 radical (unpaired) electrons. The highest BCUT2D eigenvalue weighted by molar-refractivity contribution is 5.80. The first-order valence-corrected chi connectivity index (χ1v) is 10.7. The molecule has 2 aromatic carbocycles. The van der Waals surface area contributed by atoms with Gasteiger partial charge in [-0.1, -0.05) is 61.9 Å². The summed E-state index contributed by atoms with van der Waals surface area (Å²) in [5.41, 5.74) is 5.53. The molecule has 3 aromatic heterocycles. The Morgan fingerprint density at radius 3 is 2.48 bits per heavy atom. The van der Waals surface area contributed by atoms with E-state index in [0.29, 0.717) is 24.2 Å². The Morgan fingerprint density at radius 1 is 1.00 bits per heavy atom. The standard InChI is InChI=1S/C23H22N8O2/c1-2-5-19-18(22(33)25-23-24-20(13-32)28-31(19)23)12-14-8-10-15(11-9-14)16-6-3-4-7-17(16)21-26-29-30-27-21/h3-4,6-11,32H,2,5,12-13H2,1H3,(H,24,25,28,33)(H,26,27,29,30). The van der Waals surface area contributed by atoms with E-state index in [0.717, 1.165) is 34.4 Å². The summed E-state index contributed by atoms with van der Waals surface area (Å²) in [6, 6.07) is 16.1. The fourth-order valence-corrected chi connectivity index (χ4v) is 3.98. The van der Waals surface area contributed by atoms with Crippen molar-refractivity contribution in [3.8, 4) is 28.4 Å². The van der Waals surface area contributed by atoms with Gasteiger partial charge in [0.15, 0.2) is 11.6 Å². The monoisotopic (exact) mass is 442 g/mol. The Bertz CT molecular complexity index is 1390. The molecule has 3 heterocycles. The zero-order valence-corrected chi connectivity index (χ0v) is 18.0. The van der Waals surface area contributed by atoms with Crippen molar-refractivity contribution in [3.05, 3.63) is 71.2 Å². The smallest absolute Gasteiger partial charge is 0.256 e. The molecule has 33 heavy (non-hydrogen) atoms. The zero-order valence-electron chi connectivity index (χ0n) is 18.0. The maximum absolute atomic E-state index is 10.7. The molecule has 166 valence electrons. The summed E-state index contributed by atoms with van der Waals surface area (Å²) in [6.45, 7) is 1.78. The van der Waals surface area contributed by atoms with Gasteiger partial charge >= 0.3 is 0 Å². The number of aliphatic hydroxyl groups is 1. The third kappa shape index (κ3) is 3.92. The third-order valence-corrected chi connectivity index (χ3v) is 5.52. The Balaban J connectivity index is 1.50. The Morgan fingerprint density at radius 2 is 1.79 bits per heavy atom. The maximum atomic E-state index is 10.7. The van der Waals surface area contributed by atoms with Crippen LogP contribution in [-0.4, -0.2) is 50.4 Å². The van der Waals surface area contributed by atoms with E-state index >= 15 is 0 Å². The number of nitrogens with zero attached hydrogens (tertiary/aromatic N) is 7. The first-order valence-electron chi connectivity index (χ1n) is 10.7. The number of H-pyrrole nitrogens is 1. The molecule has 0 saturated heterocycles. The second-order valence-electron chi connectivity index (χ2n) is 7.68. The Kier molecular flexibility index (Phi) is 5.49. The van der Waals surface area contributed by atoms with Crippen LogP contribution in [0.2, 0.25) is 0 Å². The van der Waals surface area contributed by atoms with Crippen molar-refractivity contribution in [2.45, 2.75) is 32.8 Å². The van der Waals surface area contributed by atoms with Crippen molar-refractivity contribution < 1.29 is 10.2 Å².